The van der Waals surface area contributed by atoms with E-state index in [1.165, 1.54) is 11.3 Å². The second-order valence-electron chi connectivity index (χ2n) is 7.75. The van der Waals surface area contributed by atoms with Crippen LogP contribution in [0, 0.1) is 13.8 Å². The van der Waals surface area contributed by atoms with Crippen molar-refractivity contribution in [2.24, 2.45) is 0 Å². The Morgan fingerprint density at radius 1 is 1.09 bits per heavy atom. The van der Waals surface area contributed by atoms with Crippen molar-refractivity contribution in [3.05, 3.63) is 77.2 Å². The minimum Gasteiger partial charge on any atom is -0.361 e. The number of nitrogens with one attached hydrogen (secondary N) is 1. The standard InChI is InChI=1S/C26H32N4O2/c1-5-14-30(18-32-6-2)25-12-10-21(15-19(25)3)24-11-9-23(17-28-24)26(31)29-16-22-8-7-13-27-20(22)4/h7-13,15,17H,5-6,14,16,18H2,1-4H3,(H,29,31). The number of benzene rings is 1. The number of nitrogens with zero attached hydrogens (tertiary/aromatic N) is 3. The molecular weight excluding hydrogens is 400 g/mol. The third-order valence-electron chi connectivity index (χ3n) is 5.36. The summed E-state index contributed by atoms with van der Waals surface area (Å²) in [7, 11) is 0. The number of pyridine rings is 2. The predicted molar refractivity (Wildman–Crippen MR) is 129 cm³/mol. The zero-order chi connectivity index (χ0) is 22.9. The maximum Gasteiger partial charge on any atom is 0.253 e. The van der Waals surface area contributed by atoms with Crippen molar-refractivity contribution in [2.45, 2.75) is 40.7 Å². The van der Waals surface area contributed by atoms with Gasteiger partial charge < -0.3 is 15.0 Å². The molecule has 3 rings (SSSR count). The first-order valence-electron chi connectivity index (χ1n) is 11.1. The monoisotopic (exact) mass is 432 g/mol. The van der Waals surface area contributed by atoms with Crippen LogP contribution in [0.2, 0.25) is 0 Å². The van der Waals surface area contributed by atoms with E-state index >= 15 is 0 Å². The minimum absolute atomic E-state index is 0.148. The van der Waals surface area contributed by atoms with Crippen LogP contribution in [0.25, 0.3) is 11.3 Å². The van der Waals surface area contributed by atoms with E-state index in [9.17, 15) is 4.79 Å². The average Bonchev–Trinajstić information content (AvgIpc) is 2.81. The fraction of sp³-hybridized carbons (Fsp3) is 0.346. The van der Waals surface area contributed by atoms with Crippen LogP contribution >= 0.6 is 0 Å². The van der Waals surface area contributed by atoms with Crippen molar-refractivity contribution in [3.8, 4) is 11.3 Å². The Kier molecular flexibility index (Phi) is 8.34. The largest absolute Gasteiger partial charge is 0.361 e. The number of rotatable bonds is 10. The highest BCUT2D eigenvalue weighted by Gasteiger charge is 2.12. The van der Waals surface area contributed by atoms with Crippen LogP contribution in [0.1, 0.15) is 47.4 Å². The second-order valence-corrected chi connectivity index (χ2v) is 7.75. The van der Waals surface area contributed by atoms with Crippen LogP contribution in [0.4, 0.5) is 5.69 Å². The number of carbonyl (C=O) groups excluding carboxylic acids is 1. The number of ether oxygens (including phenoxy) is 1. The summed E-state index contributed by atoms with van der Waals surface area (Å²) >= 11 is 0. The minimum atomic E-state index is -0.148. The fourth-order valence-corrected chi connectivity index (χ4v) is 3.58. The van der Waals surface area contributed by atoms with Gasteiger partial charge in [0, 0.05) is 49.0 Å². The van der Waals surface area contributed by atoms with E-state index in [4.69, 9.17) is 4.74 Å². The van der Waals surface area contributed by atoms with Gasteiger partial charge in [-0.3, -0.25) is 14.8 Å². The molecule has 32 heavy (non-hydrogen) atoms. The van der Waals surface area contributed by atoms with Crippen molar-refractivity contribution in [3.63, 3.8) is 0 Å². The Labute approximate surface area is 190 Å². The molecule has 0 fully saturated rings. The van der Waals surface area contributed by atoms with Gasteiger partial charge in [-0.15, -0.1) is 0 Å². The zero-order valence-corrected chi connectivity index (χ0v) is 19.4. The van der Waals surface area contributed by atoms with Gasteiger partial charge in [-0.2, -0.15) is 0 Å². The zero-order valence-electron chi connectivity index (χ0n) is 19.4. The third-order valence-corrected chi connectivity index (χ3v) is 5.36. The smallest absolute Gasteiger partial charge is 0.253 e. The Balaban J connectivity index is 1.69. The molecule has 0 atom stereocenters. The normalized spacial score (nSPS) is 10.8. The highest BCUT2D eigenvalue weighted by molar-refractivity contribution is 5.94. The van der Waals surface area contributed by atoms with E-state index in [2.05, 4.69) is 52.2 Å². The molecule has 0 aliphatic carbocycles. The molecule has 0 saturated carbocycles. The molecule has 0 radical (unpaired) electrons. The average molecular weight is 433 g/mol. The molecule has 1 aromatic carbocycles. The van der Waals surface area contributed by atoms with Gasteiger partial charge in [0.15, 0.2) is 0 Å². The Hall–Kier alpha value is -3.25. The van der Waals surface area contributed by atoms with Crippen molar-refractivity contribution >= 4 is 11.6 Å². The molecule has 2 aromatic heterocycles. The molecule has 2 heterocycles. The lowest BCUT2D eigenvalue weighted by atomic mass is 10.0. The van der Waals surface area contributed by atoms with Crippen molar-refractivity contribution in [2.75, 3.05) is 24.8 Å². The molecule has 1 N–H and O–H groups in total. The maximum atomic E-state index is 12.5. The first-order valence-corrected chi connectivity index (χ1v) is 11.1. The molecule has 168 valence electrons. The lowest BCUT2D eigenvalue weighted by Crippen LogP contribution is -2.27. The first kappa shape index (κ1) is 23.4. The van der Waals surface area contributed by atoms with E-state index in [-0.39, 0.29) is 5.91 Å². The topological polar surface area (TPSA) is 67.3 Å². The van der Waals surface area contributed by atoms with Crippen molar-refractivity contribution < 1.29 is 9.53 Å². The summed E-state index contributed by atoms with van der Waals surface area (Å²) in [5.74, 6) is -0.148. The van der Waals surface area contributed by atoms with Crippen molar-refractivity contribution in [1.82, 2.24) is 15.3 Å². The Bertz CT molecular complexity index is 1030. The SMILES string of the molecule is CCCN(COCC)c1ccc(-c2ccc(C(=O)NCc3cccnc3C)cn2)cc1C. The summed E-state index contributed by atoms with van der Waals surface area (Å²) in [5.41, 5.74) is 6.66. The molecule has 0 bridgehead atoms. The summed E-state index contributed by atoms with van der Waals surface area (Å²) in [6.45, 7) is 10.9. The van der Waals surface area contributed by atoms with Crippen molar-refractivity contribution in [1.29, 1.82) is 0 Å². The van der Waals surface area contributed by atoms with E-state index in [1.807, 2.05) is 38.1 Å². The number of anilines is 1. The van der Waals surface area contributed by atoms with Gasteiger partial charge in [-0.25, -0.2) is 0 Å². The molecule has 0 saturated heterocycles. The van der Waals surface area contributed by atoms with Gasteiger partial charge in [0.05, 0.1) is 11.3 Å². The number of hydrogen-bond donors (Lipinski definition) is 1. The van der Waals surface area contributed by atoms with Gasteiger partial charge in [0.2, 0.25) is 0 Å². The van der Waals surface area contributed by atoms with Gasteiger partial charge in [0.25, 0.3) is 5.91 Å². The van der Waals surface area contributed by atoms with Gasteiger partial charge in [-0.1, -0.05) is 19.1 Å². The molecular formula is C26H32N4O2. The van der Waals surface area contributed by atoms with Gasteiger partial charge in [-0.05, 0) is 68.7 Å². The lowest BCUT2D eigenvalue weighted by Gasteiger charge is -2.26. The van der Waals surface area contributed by atoms with E-state index in [0.29, 0.717) is 25.4 Å². The molecule has 0 spiro atoms. The quantitative estimate of drug-likeness (QED) is 0.462. The van der Waals surface area contributed by atoms with Gasteiger partial charge >= 0.3 is 0 Å². The molecule has 0 aliphatic heterocycles. The number of amides is 1. The number of aryl methyl sites for hydroxylation is 2. The van der Waals surface area contributed by atoms with E-state index in [0.717, 1.165) is 35.5 Å². The van der Waals surface area contributed by atoms with Crippen LogP contribution in [0.3, 0.4) is 0 Å². The predicted octanol–water partition coefficient (Wildman–Crippen LogP) is 4.90. The maximum absolute atomic E-state index is 12.5. The fourth-order valence-electron chi connectivity index (χ4n) is 3.58. The molecule has 6 heteroatoms. The third kappa shape index (κ3) is 5.92. The van der Waals surface area contributed by atoms with E-state index in [1.54, 1.807) is 12.4 Å². The molecule has 0 unspecified atom stereocenters. The first-order chi connectivity index (χ1) is 15.5. The Morgan fingerprint density at radius 3 is 2.59 bits per heavy atom. The summed E-state index contributed by atoms with van der Waals surface area (Å²) in [4.78, 5) is 23.6. The highest BCUT2D eigenvalue weighted by atomic mass is 16.5. The number of aromatic nitrogens is 2. The summed E-state index contributed by atoms with van der Waals surface area (Å²) < 4.78 is 5.63. The van der Waals surface area contributed by atoms with Crippen LogP contribution in [-0.4, -0.2) is 35.8 Å². The lowest BCUT2D eigenvalue weighted by molar-refractivity contribution is 0.0950. The molecule has 6 nitrogen and oxygen atoms in total. The highest BCUT2D eigenvalue weighted by Crippen LogP contribution is 2.26. The van der Waals surface area contributed by atoms with E-state index < -0.39 is 0 Å². The van der Waals surface area contributed by atoms with Crippen LogP contribution in [0.15, 0.2) is 54.9 Å². The summed E-state index contributed by atoms with van der Waals surface area (Å²) in [6, 6.07) is 13.9. The molecule has 3 aromatic rings. The van der Waals surface area contributed by atoms with Crippen LogP contribution in [-0.2, 0) is 11.3 Å². The van der Waals surface area contributed by atoms with Crippen LogP contribution < -0.4 is 10.2 Å². The molecule has 1 amide bonds. The second kappa shape index (κ2) is 11.4. The summed E-state index contributed by atoms with van der Waals surface area (Å²) in [5, 5.41) is 2.94. The Morgan fingerprint density at radius 2 is 1.94 bits per heavy atom. The number of carbonyl (C=O) groups is 1. The molecule has 0 aliphatic rings. The van der Waals surface area contributed by atoms with Crippen LogP contribution in [0.5, 0.6) is 0 Å². The van der Waals surface area contributed by atoms with Gasteiger partial charge in [0.1, 0.15) is 6.73 Å². The number of hydrogen-bond acceptors (Lipinski definition) is 5. The summed E-state index contributed by atoms with van der Waals surface area (Å²) in [6.07, 6.45) is 4.43.